The van der Waals surface area contributed by atoms with Crippen LogP contribution in [0.5, 0.6) is 0 Å². The van der Waals surface area contributed by atoms with Crippen molar-refractivity contribution in [3.63, 3.8) is 0 Å². The summed E-state index contributed by atoms with van der Waals surface area (Å²) in [4.78, 5) is 12.3. The number of hydrogen-bond acceptors (Lipinski definition) is 1. The van der Waals surface area contributed by atoms with Crippen LogP contribution < -0.4 is 0 Å². The van der Waals surface area contributed by atoms with Gasteiger partial charge < -0.3 is 0 Å². The maximum atomic E-state index is 12.3. The second-order valence-electron chi connectivity index (χ2n) is 5.77. The van der Waals surface area contributed by atoms with Crippen LogP contribution in [0, 0.1) is 0 Å². The highest BCUT2D eigenvalue weighted by molar-refractivity contribution is 5.77. The van der Waals surface area contributed by atoms with Crippen LogP contribution in [0.3, 0.4) is 0 Å². The third-order valence-corrected chi connectivity index (χ3v) is 4.57. The Kier molecular flexibility index (Phi) is 4.38. The van der Waals surface area contributed by atoms with Crippen LogP contribution in [0.1, 0.15) is 29.5 Å². The molecule has 1 unspecified atom stereocenters. The molecule has 0 heterocycles. The highest BCUT2D eigenvalue weighted by Crippen LogP contribution is 2.42. The first-order chi connectivity index (χ1) is 11.3. The minimum Gasteiger partial charge on any atom is -0.289 e. The molecule has 3 aromatic carbocycles. The van der Waals surface area contributed by atoms with Crippen molar-refractivity contribution in [3.05, 3.63) is 108 Å². The van der Waals surface area contributed by atoms with Crippen molar-refractivity contribution in [3.8, 4) is 0 Å². The maximum Gasteiger partial charge on any atom is 0.215 e. The molecule has 0 saturated carbocycles. The molecule has 1 atom stereocenters. The molecule has 0 aliphatic rings. The normalized spacial score (nSPS) is 12.6. The number of carbonyl (C=O) groups excluding carboxylic acids is 1. The fraction of sp³-hybridized carbons (Fsp3) is 0.136. The molecule has 0 saturated heterocycles. The summed E-state index contributed by atoms with van der Waals surface area (Å²) < 4.78 is 0. The summed E-state index contributed by atoms with van der Waals surface area (Å²) in [7, 11) is 0. The van der Waals surface area contributed by atoms with Gasteiger partial charge in [-0.3, -0.25) is 4.79 Å². The van der Waals surface area contributed by atoms with Crippen LogP contribution in [0.25, 0.3) is 0 Å². The summed E-state index contributed by atoms with van der Waals surface area (Å²) in [5, 5.41) is 0. The molecule has 0 aliphatic heterocycles. The topological polar surface area (TPSA) is 17.1 Å². The Bertz CT molecular complexity index is 708. The monoisotopic (exact) mass is 299 g/mol. The molecular formula is C22H19O. The molecule has 1 nitrogen and oxygen atoms in total. The van der Waals surface area contributed by atoms with Crippen LogP contribution in [-0.2, 0) is 10.2 Å². The first kappa shape index (κ1) is 15.2. The minimum absolute atomic E-state index is 0.0222. The van der Waals surface area contributed by atoms with Crippen LogP contribution in [0.2, 0.25) is 0 Å². The molecular weight excluding hydrogens is 280 g/mol. The molecule has 0 aliphatic carbocycles. The predicted octanol–water partition coefficient (Wildman–Crippen LogP) is 4.89. The van der Waals surface area contributed by atoms with Gasteiger partial charge in [0.15, 0.2) is 0 Å². The molecule has 0 N–H and O–H groups in total. The lowest BCUT2D eigenvalue weighted by Crippen LogP contribution is -2.35. The van der Waals surface area contributed by atoms with Gasteiger partial charge in [0.05, 0.1) is 5.41 Å². The van der Waals surface area contributed by atoms with Crippen molar-refractivity contribution >= 4 is 6.29 Å². The highest BCUT2D eigenvalue weighted by atomic mass is 16.1. The first-order valence-electron chi connectivity index (χ1n) is 7.84. The zero-order chi connectivity index (χ0) is 16.1. The zero-order valence-electron chi connectivity index (χ0n) is 13.1. The molecule has 1 heteroatoms. The lowest BCUT2D eigenvalue weighted by molar-refractivity contribution is 0.481. The van der Waals surface area contributed by atoms with E-state index in [4.69, 9.17) is 0 Å². The van der Waals surface area contributed by atoms with Gasteiger partial charge in [0, 0.05) is 5.92 Å². The van der Waals surface area contributed by atoms with Gasteiger partial charge in [-0.25, -0.2) is 0 Å². The summed E-state index contributed by atoms with van der Waals surface area (Å²) in [6.45, 7) is 2.10. The van der Waals surface area contributed by atoms with E-state index < -0.39 is 5.41 Å². The fourth-order valence-corrected chi connectivity index (χ4v) is 3.27. The quantitative estimate of drug-likeness (QED) is 0.656. The summed E-state index contributed by atoms with van der Waals surface area (Å²) in [5.74, 6) is -0.0222. The molecule has 0 bridgehead atoms. The SMILES string of the molecule is CC(c1ccccc1)C([C]=O)(c1ccccc1)c1ccccc1. The average Bonchev–Trinajstić information content (AvgIpc) is 2.65. The number of benzene rings is 3. The third-order valence-electron chi connectivity index (χ3n) is 4.57. The predicted molar refractivity (Wildman–Crippen MR) is 94.2 cm³/mol. The second-order valence-corrected chi connectivity index (χ2v) is 5.77. The Morgan fingerprint density at radius 1 is 0.696 bits per heavy atom. The Morgan fingerprint density at radius 3 is 1.48 bits per heavy atom. The van der Waals surface area contributed by atoms with Crippen LogP contribution in [0.4, 0.5) is 0 Å². The minimum atomic E-state index is -0.816. The van der Waals surface area contributed by atoms with E-state index in [0.29, 0.717) is 0 Å². The van der Waals surface area contributed by atoms with E-state index >= 15 is 0 Å². The number of hydrogen-bond donors (Lipinski definition) is 0. The fourth-order valence-electron chi connectivity index (χ4n) is 3.27. The average molecular weight is 299 g/mol. The smallest absolute Gasteiger partial charge is 0.215 e. The standard InChI is InChI=1S/C22H19O/c1-18(19-11-5-2-6-12-19)22(17-23,20-13-7-3-8-14-20)21-15-9-4-10-16-21/h2-16,18H,1H3. The van der Waals surface area contributed by atoms with Gasteiger partial charge in [0.25, 0.3) is 0 Å². The molecule has 0 aromatic heterocycles. The molecule has 0 amide bonds. The summed E-state index contributed by atoms with van der Waals surface area (Å²) in [5.41, 5.74) is 2.25. The van der Waals surface area contributed by atoms with Gasteiger partial charge >= 0.3 is 0 Å². The van der Waals surface area contributed by atoms with Gasteiger partial charge in [-0.05, 0) is 16.7 Å². The van der Waals surface area contributed by atoms with E-state index in [9.17, 15) is 4.79 Å². The van der Waals surface area contributed by atoms with Crippen molar-refractivity contribution in [2.24, 2.45) is 0 Å². The maximum absolute atomic E-state index is 12.3. The Balaban J connectivity index is 2.23. The van der Waals surface area contributed by atoms with Crippen molar-refractivity contribution in [2.45, 2.75) is 18.3 Å². The summed E-state index contributed by atoms with van der Waals surface area (Å²) >= 11 is 0. The first-order valence-corrected chi connectivity index (χ1v) is 7.84. The molecule has 113 valence electrons. The molecule has 0 spiro atoms. The van der Waals surface area contributed by atoms with Gasteiger partial charge in [-0.15, -0.1) is 0 Å². The summed E-state index contributed by atoms with van der Waals surface area (Å²) in [6.07, 6.45) is 2.40. The van der Waals surface area contributed by atoms with Crippen LogP contribution >= 0.6 is 0 Å². The van der Waals surface area contributed by atoms with Gasteiger partial charge in [0.2, 0.25) is 6.29 Å². The van der Waals surface area contributed by atoms with Crippen molar-refractivity contribution in [1.82, 2.24) is 0 Å². The van der Waals surface area contributed by atoms with Gasteiger partial charge in [-0.1, -0.05) is 97.9 Å². The largest absolute Gasteiger partial charge is 0.289 e. The lowest BCUT2D eigenvalue weighted by Gasteiger charge is -2.35. The summed E-state index contributed by atoms with van der Waals surface area (Å²) in [6, 6.07) is 30.0. The second kappa shape index (κ2) is 6.62. The van der Waals surface area contributed by atoms with Crippen molar-refractivity contribution < 1.29 is 4.79 Å². The number of rotatable bonds is 5. The van der Waals surface area contributed by atoms with Gasteiger partial charge in [0.1, 0.15) is 0 Å². The van der Waals surface area contributed by atoms with E-state index in [1.165, 1.54) is 0 Å². The van der Waals surface area contributed by atoms with Crippen LogP contribution in [0.15, 0.2) is 91.0 Å². The van der Waals surface area contributed by atoms with E-state index in [1.807, 2.05) is 78.9 Å². The molecule has 1 radical (unpaired) electrons. The zero-order valence-corrected chi connectivity index (χ0v) is 13.1. The Hall–Kier alpha value is -2.67. The van der Waals surface area contributed by atoms with E-state index in [0.717, 1.165) is 16.7 Å². The molecule has 3 rings (SSSR count). The molecule has 3 aromatic rings. The van der Waals surface area contributed by atoms with E-state index in [1.54, 1.807) is 0 Å². The highest BCUT2D eigenvalue weighted by Gasteiger charge is 2.41. The molecule has 0 fully saturated rings. The Morgan fingerprint density at radius 2 is 1.09 bits per heavy atom. The lowest BCUT2D eigenvalue weighted by atomic mass is 9.65. The molecule has 23 heavy (non-hydrogen) atoms. The Labute approximate surface area is 137 Å². The van der Waals surface area contributed by atoms with Crippen molar-refractivity contribution in [1.29, 1.82) is 0 Å². The van der Waals surface area contributed by atoms with E-state index in [-0.39, 0.29) is 5.92 Å². The van der Waals surface area contributed by atoms with Crippen LogP contribution in [-0.4, -0.2) is 6.29 Å². The van der Waals surface area contributed by atoms with Gasteiger partial charge in [-0.2, -0.15) is 0 Å². The van der Waals surface area contributed by atoms with Crippen molar-refractivity contribution in [2.75, 3.05) is 0 Å². The third kappa shape index (κ3) is 2.70. The van der Waals surface area contributed by atoms with E-state index in [2.05, 4.69) is 25.3 Å².